The number of aryl methyl sites for hydroxylation is 1. The second-order valence-corrected chi connectivity index (χ2v) is 4.94. The van der Waals surface area contributed by atoms with E-state index in [9.17, 15) is 8.42 Å². The molecule has 64 valence electrons. The van der Waals surface area contributed by atoms with E-state index >= 15 is 0 Å². The van der Waals surface area contributed by atoms with Crippen molar-refractivity contribution >= 4 is 9.84 Å². The van der Waals surface area contributed by atoms with Crippen molar-refractivity contribution in [3.8, 4) is 5.75 Å². The quantitative estimate of drug-likeness (QED) is 0.646. The largest absolute Gasteiger partial charge is 0.508 e. The van der Waals surface area contributed by atoms with Crippen LogP contribution in [-0.4, -0.2) is 19.3 Å². The topological polar surface area (TPSA) is 54.4 Å². The van der Waals surface area contributed by atoms with Crippen molar-refractivity contribution in [1.29, 1.82) is 0 Å². The lowest BCUT2D eigenvalue weighted by molar-refractivity contribution is 0.473. The molecule has 1 aliphatic heterocycles. The number of hydrogen-bond acceptors (Lipinski definition) is 3. The molecule has 0 aromatic heterocycles. The third-order valence-corrected chi connectivity index (χ3v) is 3.82. The maximum atomic E-state index is 11.3. The van der Waals surface area contributed by atoms with Crippen molar-refractivity contribution in [1.82, 2.24) is 0 Å². The molecule has 0 fully saturated rings. The van der Waals surface area contributed by atoms with E-state index in [2.05, 4.69) is 0 Å². The molecule has 1 aliphatic rings. The van der Waals surface area contributed by atoms with Gasteiger partial charge in [0.2, 0.25) is 0 Å². The van der Waals surface area contributed by atoms with E-state index in [0.717, 1.165) is 5.56 Å². The molecule has 0 aliphatic carbocycles. The van der Waals surface area contributed by atoms with E-state index in [0.29, 0.717) is 11.3 Å². The van der Waals surface area contributed by atoms with Gasteiger partial charge in [-0.05, 0) is 24.1 Å². The average Bonchev–Trinajstić information content (AvgIpc) is 2.28. The van der Waals surface area contributed by atoms with Crippen LogP contribution in [0, 0.1) is 0 Å². The highest BCUT2D eigenvalue weighted by atomic mass is 32.2. The van der Waals surface area contributed by atoms with Crippen molar-refractivity contribution in [2.45, 2.75) is 11.3 Å². The first-order valence-electron chi connectivity index (χ1n) is 3.64. The number of aromatic hydroxyl groups is 1. The molecule has 1 aromatic carbocycles. The Bertz CT molecular complexity index is 420. The highest BCUT2D eigenvalue weighted by Gasteiger charge is 2.25. The number of hydrogen-bond donors (Lipinski definition) is 1. The maximum absolute atomic E-state index is 11.3. The molecule has 0 saturated heterocycles. The van der Waals surface area contributed by atoms with Crippen LogP contribution in [-0.2, 0) is 16.3 Å². The SMILES string of the molecule is O=S1(=O)CCc2ccc(O)cc21. The third-order valence-electron chi connectivity index (χ3n) is 2.03. The summed E-state index contributed by atoms with van der Waals surface area (Å²) in [5.74, 6) is 0.186. The van der Waals surface area contributed by atoms with Crippen LogP contribution in [0.1, 0.15) is 5.56 Å². The highest BCUT2D eigenvalue weighted by molar-refractivity contribution is 7.91. The predicted molar refractivity (Wildman–Crippen MR) is 43.9 cm³/mol. The summed E-state index contributed by atoms with van der Waals surface area (Å²) in [6.45, 7) is 0. The summed E-state index contributed by atoms with van der Waals surface area (Å²) >= 11 is 0. The fraction of sp³-hybridized carbons (Fsp3) is 0.250. The number of sulfone groups is 1. The lowest BCUT2D eigenvalue weighted by Gasteiger charge is -1.97. The normalized spacial score (nSPS) is 19.0. The minimum atomic E-state index is -3.09. The van der Waals surface area contributed by atoms with Gasteiger partial charge < -0.3 is 5.11 Å². The molecule has 1 aromatic rings. The molecule has 4 heteroatoms. The zero-order chi connectivity index (χ0) is 8.77. The van der Waals surface area contributed by atoms with Crippen LogP contribution in [0.5, 0.6) is 5.75 Å². The molecule has 0 amide bonds. The van der Waals surface area contributed by atoms with E-state index in [4.69, 9.17) is 5.11 Å². The minimum absolute atomic E-state index is 0.0132. The molecular formula is C8H8O3S. The fourth-order valence-electron chi connectivity index (χ4n) is 1.39. The summed E-state index contributed by atoms with van der Waals surface area (Å²) in [5, 5.41) is 9.06. The molecule has 0 unspecified atom stereocenters. The maximum Gasteiger partial charge on any atom is 0.179 e. The first kappa shape index (κ1) is 7.61. The Hall–Kier alpha value is -1.03. The summed E-state index contributed by atoms with van der Waals surface area (Å²) in [6.07, 6.45) is 0.567. The van der Waals surface area contributed by atoms with Crippen molar-refractivity contribution in [3.63, 3.8) is 0 Å². The molecule has 0 atom stereocenters. The van der Waals surface area contributed by atoms with E-state index in [1.54, 1.807) is 6.07 Å². The van der Waals surface area contributed by atoms with Gasteiger partial charge in [-0.3, -0.25) is 0 Å². The first-order valence-corrected chi connectivity index (χ1v) is 5.29. The van der Waals surface area contributed by atoms with E-state index in [1.807, 2.05) is 0 Å². The van der Waals surface area contributed by atoms with Crippen molar-refractivity contribution < 1.29 is 13.5 Å². The van der Waals surface area contributed by atoms with Gasteiger partial charge in [0.25, 0.3) is 0 Å². The van der Waals surface area contributed by atoms with Crippen molar-refractivity contribution in [2.75, 3.05) is 5.75 Å². The van der Waals surface area contributed by atoms with Gasteiger partial charge in [-0.2, -0.15) is 0 Å². The molecule has 1 N–H and O–H groups in total. The monoisotopic (exact) mass is 184 g/mol. The Morgan fingerprint density at radius 2 is 2.08 bits per heavy atom. The molecule has 12 heavy (non-hydrogen) atoms. The molecule has 0 saturated carbocycles. The number of fused-ring (bicyclic) bond motifs is 1. The summed E-state index contributed by atoms with van der Waals surface area (Å²) in [5.41, 5.74) is 0.813. The second-order valence-electron chi connectivity index (χ2n) is 2.86. The smallest absolute Gasteiger partial charge is 0.179 e. The highest BCUT2D eigenvalue weighted by Crippen LogP contribution is 2.28. The van der Waals surface area contributed by atoms with Crippen molar-refractivity contribution in [2.24, 2.45) is 0 Å². The molecular weight excluding hydrogens is 176 g/mol. The molecule has 2 rings (SSSR count). The zero-order valence-electron chi connectivity index (χ0n) is 6.32. The Kier molecular flexibility index (Phi) is 1.41. The van der Waals surface area contributed by atoms with Crippen LogP contribution >= 0.6 is 0 Å². The molecule has 3 nitrogen and oxygen atoms in total. The Morgan fingerprint density at radius 1 is 1.33 bits per heavy atom. The van der Waals surface area contributed by atoms with Crippen molar-refractivity contribution in [3.05, 3.63) is 23.8 Å². The van der Waals surface area contributed by atoms with Gasteiger partial charge in [0.1, 0.15) is 5.75 Å². The lowest BCUT2D eigenvalue weighted by Crippen LogP contribution is -1.98. The van der Waals surface area contributed by atoms with Gasteiger partial charge in [-0.1, -0.05) is 6.07 Å². The lowest BCUT2D eigenvalue weighted by atomic mass is 10.2. The van der Waals surface area contributed by atoms with Crippen LogP contribution in [0.15, 0.2) is 23.1 Å². The van der Waals surface area contributed by atoms with E-state index in [-0.39, 0.29) is 11.5 Å². The molecule has 1 heterocycles. The number of benzene rings is 1. The van der Waals surface area contributed by atoms with Crippen LogP contribution < -0.4 is 0 Å². The molecule has 0 radical (unpaired) electrons. The third kappa shape index (κ3) is 0.992. The first-order chi connectivity index (χ1) is 5.59. The van der Waals surface area contributed by atoms with Gasteiger partial charge in [-0.15, -0.1) is 0 Å². The summed E-state index contributed by atoms with van der Waals surface area (Å²) in [6, 6.07) is 4.49. The Labute approximate surface area is 70.6 Å². The summed E-state index contributed by atoms with van der Waals surface area (Å²) in [4.78, 5) is 0.294. The second kappa shape index (κ2) is 2.23. The molecule has 0 spiro atoms. The number of rotatable bonds is 0. The number of phenolic OH excluding ortho intramolecular Hbond substituents is 1. The van der Waals surface area contributed by atoms with E-state index < -0.39 is 9.84 Å². The minimum Gasteiger partial charge on any atom is -0.508 e. The van der Waals surface area contributed by atoms with Crippen LogP contribution in [0.4, 0.5) is 0 Å². The van der Waals surface area contributed by atoms with Gasteiger partial charge >= 0.3 is 0 Å². The standard InChI is InChI=1S/C8H8O3S/c9-7-2-1-6-3-4-12(10,11)8(6)5-7/h1-2,5,9H,3-4H2. The van der Waals surface area contributed by atoms with Crippen LogP contribution in [0.3, 0.4) is 0 Å². The van der Waals surface area contributed by atoms with Crippen LogP contribution in [0.2, 0.25) is 0 Å². The average molecular weight is 184 g/mol. The Balaban J connectivity index is 2.73. The summed E-state index contributed by atoms with van der Waals surface area (Å²) < 4.78 is 22.6. The number of phenols is 1. The molecule has 0 bridgehead atoms. The fourth-order valence-corrected chi connectivity index (χ4v) is 2.97. The zero-order valence-corrected chi connectivity index (χ0v) is 7.13. The van der Waals surface area contributed by atoms with E-state index in [1.165, 1.54) is 12.1 Å². The summed E-state index contributed by atoms with van der Waals surface area (Å²) in [7, 11) is -3.09. The van der Waals surface area contributed by atoms with Gasteiger partial charge in [0, 0.05) is 0 Å². The Morgan fingerprint density at radius 3 is 2.83 bits per heavy atom. The predicted octanol–water partition coefficient (Wildman–Crippen LogP) is 0.722. The van der Waals surface area contributed by atoms with Gasteiger partial charge in [0.05, 0.1) is 10.6 Å². The van der Waals surface area contributed by atoms with Gasteiger partial charge in [0.15, 0.2) is 9.84 Å². The van der Waals surface area contributed by atoms with Gasteiger partial charge in [-0.25, -0.2) is 8.42 Å². The van der Waals surface area contributed by atoms with Crippen LogP contribution in [0.25, 0.3) is 0 Å².